The fraction of sp³-hybridized carbons (Fsp3) is 0.800. The van der Waals surface area contributed by atoms with Gasteiger partial charge in [-0.05, 0) is 42.2 Å². The number of rotatable bonds is 1. The number of esters is 1. The Morgan fingerprint density at radius 2 is 1.80 bits per heavy atom. The third kappa shape index (κ3) is 1.83. The second-order valence-corrected chi connectivity index (χ2v) is 9.87. The molecule has 0 N–H and O–H groups in total. The van der Waals surface area contributed by atoms with Gasteiger partial charge in [-0.2, -0.15) is 0 Å². The topological polar surface area (TPSA) is 63.9 Å². The first-order valence-corrected chi connectivity index (χ1v) is 12.0. The Balaban J connectivity index is 0.000000440. The van der Waals surface area contributed by atoms with Crippen molar-refractivity contribution in [2.45, 2.75) is 103 Å². The van der Waals surface area contributed by atoms with E-state index in [1.165, 1.54) is 5.57 Å². The van der Waals surface area contributed by atoms with Crippen LogP contribution in [0.2, 0.25) is 0 Å². The van der Waals surface area contributed by atoms with E-state index in [1.54, 1.807) is 0 Å². The Hall–Kier alpha value is -1.17. The van der Waals surface area contributed by atoms with Crippen molar-refractivity contribution in [3.63, 3.8) is 0 Å². The van der Waals surface area contributed by atoms with Crippen molar-refractivity contribution in [1.29, 1.82) is 0 Å². The number of hydrogen-bond donors (Lipinski definition) is 0. The zero-order valence-corrected chi connectivity index (χ0v) is 19.5. The SMILES string of the molecule is C=C1[C@@]2(C(C)C)O[C@H]2[C@@H]2O[C@@]23[C@@]2(C)CCC4=C(COC4=O)C2C[C@@H]2O[C@@]123.CC.CC.[HH]. The number of ether oxygens (including phenoxy) is 4. The number of carbonyl (C=O) groups is 1. The number of fused-ring (bicyclic) bond motifs is 4. The van der Waals surface area contributed by atoms with Crippen LogP contribution >= 0.6 is 0 Å². The molecule has 5 heteroatoms. The summed E-state index contributed by atoms with van der Waals surface area (Å²) in [6.45, 7) is 19.7. The lowest BCUT2D eigenvalue weighted by Gasteiger charge is -2.52. The molecule has 7 aliphatic rings. The lowest BCUT2D eigenvalue weighted by molar-refractivity contribution is -0.136. The molecule has 7 rings (SSSR count). The van der Waals surface area contributed by atoms with Gasteiger partial charge in [-0.15, -0.1) is 0 Å². The van der Waals surface area contributed by atoms with Crippen LogP contribution in [0.15, 0.2) is 23.3 Å². The second kappa shape index (κ2) is 5.99. The van der Waals surface area contributed by atoms with Crippen molar-refractivity contribution >= 4 is 5.97 Å². The summed E-state index contributed by atoms with van der Waals surface area (Å²) in [4.78, 5) is 12.1. The molecule has 0 radical (unpaired) electrons. The Morgan fingerprint density at radius 3 is 2.47 bits per heavy atom. The minimum Gasteiger partial charge on any atom is -0.458 e. The Morgan fingerprint density at radius 1 is 1.10 bits per heavy atom. The zero-order chi connectivity index (χ0) is 21.9. The van der Waals surface area contributed by atoms with Crippen LogP contribution in [0.3, 0.4) is 0 Å². The highest BCUT2D eigenvalue weighted by Gasteiger charge is 2.98. The highest BCUT2D eigenvalue weighted by Crippen LogP contribution is 2.84. The summed E-state index contributed by atoms with van der Waals surface area (Å²) < 4.78 is 24.8. The lowest BCUT2D eigenvalue weighted by Crippen LogP contribution is -2.64. The minimum absolute atomic E-state index is 0. The van der Waals surface area contributed by atoms with Crippen LogP contribution in [0.1, 0.15) is 69.2 Å². The first-order chi connectivity index (χ1) is 14.3. The van der Waals surface area contributed by atoms with Crippen LogP contribution in [-0.2, 0) is 23.7 Å². The normalized spacial score (nSPS) is 52.7. The molecule has 0 amide bonds. The number of epoxide rings is 3. The van der Waals surface area contributed by atoms with Gasteiger partial charge >= 0.3 is 5.97 Å². The van der Waals surface area contributed by atoms with Gasteiger partial charge in [0, 0.05) is 12.4 Å². The van der Waals surface area contributed by atoms with Gasteiger partial charge in [-0.3, -0.25) is 0 Å². The van der Waals surface area contributed by atoms with E-state index < -0.39 is 0 Å². The monoisotopic (exact) mass is 418 g/mol. The zero-order valence-electron chi connectivity index (χ0n) is 19.5. The Kier molecular flexibility index (Phi) is 4.14. The molecule has 0 aromatic rings. The van der Waals surface area contributed by atoms with Gasteiger partial charge in [-0.25, -0.2) is 4.79 Å². The van der Waals surface area contributed by atoms with E-state index in [2.05, 4.69) is 27.4 Å². The van der Waals surface area contributed by atoms with Crippen LogP contribution in [0.5, 0.6) is 0 Å². The fourth-order valence-electron chi connectivity index (χ4n) is 7.68. The third-order valence-corrected chi connectivity index (χ3v) is 9.05. The van der Waals surface area contributed by atoms with Gasteiger partial charge in [0.2, 0.25) is 0 Å². The highest BCUT2D eigenvalue weighted by atomic mass is 16.7. The summed E-state index contributed by atoms with van der Waals surface area (Å²) >= 11 is 0. The van der Waals surface area contributed by atoms with Crippen molar-refractivity contribution in [2.24, 2.45) is 17.3 Å². The fourth-order valence-corrected chi connectivity index (χ4v) is 7.68. The van der Waals surface area contributed by atoms with Crippen LogP contribution in [-0.4, -0.2) is 47.7 Å². The van der Waals surface area contributed by atoms with Crippen molar-refractivity contribution in [1.82, 2.24) is 0 Å². The molecule has 4 heterocycles. The van der Waals surface area contributed by atoms with Gasteiger partial charge < -0.3 is 18.9 Å². The van der Waals surface area contributed by atoms with Crippen molar-refractivity contribution in [3.05, 3.63) is 23.3 Å². The molecule has 4 aliphatic heterocycles. The first-order valence-electron chi connectivity index (χ1n) is 12.0. The molecule has 0 aromatic heterocycles. The quantitative estimate of drug-likeness (QED) is 0.354. The molecule has 0 bridgehead atoms. The predicted octanol–water partition coefficient (Wildman–Crippen LogP) is 4.60. The molecule has 5 fully saturated rings. The smallest absolute Gasteiger partial charge is 0.334 e. The average Bonchev–Trinajstić information content (AvgIpc) is 3.65. The maximum atomic E-state index is 12.1. The van der Waals surface area contributed by atoms with E-state index in [9.17, 15) is 4.79 Å². The maximum absolute atomic E-state index is 12.1. The molecular weight excluding hydrogens is 380 g/mol. The second-order valence-electron chi connectivity index (χ2n) is 9.87. The number of hydrogen-bond acceptors (Lipinski definition) is 5. The standard InChI is InChI=1S/C21H24O5.2C2H6.H2/c1-9(2)19-10(3)20-14(24-20)7-13-12-8-23-17(22)11(12)5-6-18(13,4)21(20)16(26-21)15(19)25-19;2*1-2;/h9,13-16H,3,5-8H2,1-2,4H3;2*1-2H3;1H/t13?,14-,15-,16-,18-,19+,20-,21+;;;/m0.../s1. The third-order valence-electron chi connectivity index (χ3n) is 9.05. The number of carbonyl (C=O) groups excluding carboxylic acids is 1. The van der Waals surface area contributed by atoms with E-state index in [0.717, 1.165) is 30.4 Å². The van der Waals surface area contributed by atoms with Crippen molar-refractivity contribution in [3.8, 4) is 0 Å². The van der Waals surface area contributed by atoms with Crippen LogP contribution in [0, 0.1) is 17.3 Å². The summed E-state index contributed by atoms with van der Waals surface area (Å²) in [6, 6.07) is 0. The summed E-state index contributed by atoms with van der Waals surface area (Å²) in [7, 11) is 0. The van der Waals surface area contributed by atoms with Gasteiger partial charge in [0.1, 0.15) is 30.0 Å². The largest absolute Gasteiger partial charge is 0.458 e. The molecule has 0 aromatic carbocycles. The van der Waals surface area contributed by atoms with Crippen LogP contribution < -0.4 is 0 Å². The molecule has 168 valence electrons. The summed E-state index contributed by atoms with van der Waals surface area (Å²) in [5, 5.41) is 0. The summed E-state index contributed by atoms with van der Waals surface area (Å²) in [6.07, 6.45) is 2.98. The molecular formula is C25H38O5. The van der Waals surface area contributed by atoms with Gasteiger partial charge in [0.05, 0.1) is 6.10 Å². The molecule has 1 unspecified atom stereocenters. The Labute approximate surface area is 181 Å². The molecule has 8 atom stereocenters. The average molecular weight is 419 g/mol. The molecule has 5 nitrogen and oxygen atoms in total. The van der Waals surface area contributed by atoms with Crippen molar-refractivity contribution < 1.29 is 25.2 Å². The highest BCUT2D eigenvalue weighted by molar-refractivity contribution is 5.92. The van der Waals surface area contributed by atoms with Crippen LogP contribution in [0.25, 0.3) is 0 Å². The molecule has 3 aliphatic carbocycles. The molecule has 2 saturated carbocycles. The summed E-state index contributed by atoms with van der Waals surface area (Å²) in [5.74, 6) is 0.550. The van der Waals surface area contributed by atoms with E-state index in [1.807, 2.05) is 27.7 Å². The van der Waals surface area contributed by atoms with E-state index in [0.29, 0.717) is 18.4 Å². The van der Waals surface area contributed by atoms with E-state index in [4.69, 9.17) is 18.9 Å². The predicted molar refractivity (Wildman–Crippen MR) is 115 cm³/mol. The van der Waals surface area contributed by atoms with Gasteiger partial charge in [-0.1, -0.05) is 55.0 Å². The first kappa shape index (κ1) is 20.7. The molecule has 2 spiro atoms. The van der Waals surface area contributed by atoms with Gasteiger partial charge in [0.15, 0.2) is 5.60 Å². The molecule has 30 heavy (non-hydrogen) atoms. The van der Waals surface area contributed by atoms with Crippen LogP contribution in [0.4, 0.5) is 0 Å². The molecule has 3 saturated heterocycles. The maximum Gasteiger partial charge on any atom is 0.334 e. The van der Waals surface area contributed by atoms with Crippen molar-refractivity contribution in [2.75, 3.05) is 6.61 Å². The van der Waals surface area contributed by atoms with E-state index in [-0.39, 0.29) is 47.9 Å². The lowest BCUT2D eigenvalue weighted by atomic mass is 9.46. The Bertz CT molecular complexity index is 866. The van der Waals surface area contributed by atoms with E-state index >= 15 is 0 Å². The number of cyclic esters (lactones) is 1. The minimum atomic E-state index is -0.387. The summed E-state index contributed by atoms with van der Waals surface area (Å²) in [5.41, 5.74) is 2.18. The van der Waals surface area contributed by atoms with Gasteiger partial charge in [0.25, 0.3) is 0 Å².